The number of hydrogen-bond acceptors (Lipinski definition) is 3. The van der Waals surface area contributed by atoms with Gasteiger partial charge in [0.15, 0.2) is 5.78 Å². The maximum Gasteiger partial charge on any atom is 0.235 e. The van der Waals surface area contributed by atoms with E-state index in [9.17, 15) is 14.9 Å². The number of ketones is 1. The van der Waals surface area contributed by atoms with Gasteiger partial charge in [0, 0.05) is 25.2 Å². The normalized spacial score (nSPS) is 11.9. The van der Waals surface area contributed by atoms with E-state index in [2.05, 4.69) is 0 Å². The molecule has 0 rings (SSSR count). The van der Waals surface area contributed by atoms with Crippen LogP contribution in [0.1, 0.15) is 33.6 Å². The summed E-state index contributed by atoms with van der Waals surface area (Å²) >= 11 is 0. The van der Waals surface area contributed by atoms with Gasteiger partial charge in [-0.1, -0.05) is 6.92 Å². The van der Waals surface area contributed by atoms with Gasteiger partial charge in [0.05, 0.1) is 0 Å². The summed E-state index contributed by atoms with van der Waals surface area (Å²) in [6.07, 6.45) is 3.85. The Bertz CT molecular complexity index is 231. The molecule has 0 fully saturated rings. The molecule has 0 aliphatic rings. The summed E-state index contributed by atoms with van der Waals surface area (Å²) in [5.41, 5.74) is -1.15. The first kappa shape index (κ1) is 11.8. The molecule has 0 bridgehead atoms. The topological polar surface area (TPSA) is 60.2 Å². The Hall–Kier alpha value is -1.19. The molecule has 0 aliphatic heterocycles. The second-order valence-corrected chi connectivity index (χ2v) is 3.46. The van der Waals surface area contributed by atoms with Crippen molar-refractivity contribution in [2.45, 2.75) is 39.2 Å². The summed E-state index contributed by atoms with van der Waals surface area (Å²) in [5, 5.41) is 10.4. The second-order valence-electron chi connectivity index (χ2n) is 3.46. The Morgan fingerprint density at radius 2 is 2.08 bits per heavy atom. The van der Waals surface area contributed by atoms with Crippen LogP contribution in [0.4, 0.5) is 0 Å². The van der Waals surface area contributed by atoms with Crippen molar-refractivity contribution in [1.29, 1.82) is 0 Å². The van der Waals surface area contributed by atoms with E-state index < -0.39 is 10.5 Å². The highest BCUT2D eigenvalue weighted by atomic mass is 16.6. The summed E-state index contributed by atoms with van der Waals surface area (Å²) < 4.78 is 0. The second kappa shape index (κ2) is 4.74. The molecule has 4 heteroatoms. The lowest BCUT2D eigenvalue weighted by molar-refractivity contribution is -0.545. The smallest absolute Gasteiger partial charge is 0.235 e. The number of hydrogen-bond donors (Lipinski definition) is 0. The molecule has 0 N–H and O–H groups in total. The number of allylic oxidation sites excluding steroid dienone is 1. The molecule has 0 unspecified atom stereocenters. The lowest BCUT2D eigenvalue weighted by atomic mass is 10.0. The minimum absolute atomic E-state index is 0.0579. The van der Waals surface area contributed by atoms with Crippen LogP contribution in [-0.2, 0) is 4.79 Å². The Labute approximate surface area is 77.8 Å². The zero-order valence-corrected chi connectivity index (χ0v) is 8.24. The lowest BCUT2D eigenvalue weighted by Crippen LogP contribution is -2.28. The highest BCUT2D eigenvalue weighted by Crippen LogP contribution is 2.09. The number of nitro groups is 1. The minimum atomic E-state index is -1.15. The molecule has 0 radical (unpaired) electrons. The minimum Gasteiger partial charge on any atom is -0.295 e. The van der Waals surface area contributed by atoms with E-state index in [-0.39, 0.29) is 5.78 Å². The molecule has 0 aliphatic carbocycles. The van der Waals surface area contributed by atoms with Crippen LogP contribution in [0, 0.1) is 10.1 Å². The predicted octanol–water partition coefficient (Wildman–Crippen LogP) is 1.97. The van der Waals surface area contributed by atoms with Crippen LogP contribution in [0.15, 0.2) is 12.2 Å². The predicted molar refractivity (Wildman–Crippen MR) is 50.1 cm³/mol. The summed E-state index contributed by atoms with van der Waals surface area (Å²) in [4.78, 5) is 21.0. The van der Waals surface area contributed by atoms with Gasteiger partial charge in [-0.3, -0.25) is 14.9 Å². The lowest BCUT2D eigenvalue weighted by Gasteiger charge is -2.08. The Morgan fingerprint density at radius 1 is 1.54 bits per heavy atom. The largest absolute Gasteiger partial charge is 0.295 e. The van der Waals surface area contributed by atoms with Crippen molar-refractivity contribution in [3.63, 3.8) is 0 Å². The fourth-order valence-corrected chi connectivity index (χ4v) is 0.687. The maximum atomic E-state index is 11.0. The molecular weight excluding hydrogens is 170 g/mol. The highest BCUT2D eigenvalue weighted by molar-refractivity contribution is 5.89. The van der Waals surface area contributed by atoms with E-state index in [0.29, 0.717) is 6.42 Å². The van der Waals surface area contributed by atoms with E-state index >= 15 is 0 Å². The zero-order chi connectivity index (χ0) is 10.5. The van der Waals surface area contributed by atoms with Crippen molar-refractivity contribution in [1.82, 2.24) is 0 Å². The quantitative estimate of drug-likeness (QED) is 0.373. The van der Waals surface area contributed by atoms with Gasteiger partial charge >= 0.3 is 0 Å². The van der Waals surface area contributed by atoms with Gasteiger partial charge < -0.3 is 0 Å². The van der Waals surface area contributed by atoms with Crippen LogP contribution >= 0.6 is 0 Å². The first-order valence-corrected chi connectivity index (χ1v) is 4.26. The molecule has 4 nitrogen and oxygen atoms in total. The fourth-order valence-electron chi connectivity index (χ4n) is 0.687. The average molecular weight is 185 g/mol. The van der Waals surface area contributed by atoms with E-state index in [1.54, 1.807) is 0 Å². The monoisotopic (exact) mass is 185 g/mol. The Balaban J connectivity index is 4.25. The average Bonchev–Trinajstić information content (AvgIpc) is 2.01. The van der Waals surface area contributed by atoms with Gasteiger partial charge in [0.2, 0.25) is 5.54 Å². The molecule has 0 aromatic carbocycles. The SMILES string of the molecule is CCCC(=O)/C=C/C(C)(C)[N+](=O)[O-]. The molecule has 74 valence electrons. The van der Waals surface area contributed by atoms with Crippen molar-refractivity contribution < 1.29 is 9.72 Å². The van der Waals surface area contributed by atoms with Gasteiger partial charge in [-0.2, -0.15) is 0 Å². The molecule has 0 amide bonds. The standard InChI is InChI=1S/C9H15NO3/c1-4-5-8(11)6-7-9(2,3)10(12)13/h6-7H,4-5H2,1-3H3/b7-6+. The van der Waals surface area contributed by atoms with E-state index in [1.807, 2.05) is 6.92 Å². The van der Waals surface area contributed by atoms with Gasteiger partial charge in [-0.15, -0.1) is 0 Å². The Morgan fingerprint density at radius 3 is 2.46 bits per heavy atom. The van der Waals surface area contributed by atoms with E-state index in [0.717, 1.165) is 6.42 Å². The van der Waals surface area contributed by atoms with Crippen molar-refractivity contribution in [2.24, 2.45) is 0 Å². The molecule has 0 spiro atoms. The van der Waals surface area contributed by atoms with Crippen LogP contribution in [0.5, 0.6) is 0 Å². The number of nitrogens with zero attached hydrogens (tertiary/aromatic N) is 1. The van der Waals surface area contributed by atoms with Crippen molar-refractivity contribution >= 4 is 5.78 Å². The third kappa shape index (κ3) is 4.40. The first-order chi connectivity index (χ1) is 5.90. The third-order valence-electron chi connectivity index (χ3n) is 1.64. The summed E-state index contributed by atoms with van der Waals surface area (Å²) in [7, 11) is 0. The van der Waals surface area contributed by atoms with Crippen LogP contribution < -0.4 is 0 Å². The van der Waals surface area contributed by atoms with Crippen LogP contribution in [0.2, 0.25) is 0 Å². The number of rotatable bonds is 5. The van der Waals surface area contributed by atoms with Gasteiger partial charge in [-0.05, 0) is 18.6 Å². The molecule has 0 saturated carbocycles. The van der Waals surface area contributed by atoms with Crippen molar-refractivity contribution in [2.75, 3.05) is 0 Å². The maximum absolute atomic E-state index is 11.0. The van der Waals surface area contributed by atoms with E-state index in [1.165, 1.54) is 26.0 Å². The Kier molecular flexibility index (Phi) is 4.31. The summed E-state index contributed by atoms with van der Waals surface area (Å²) in [5.74, 6) is -0.0579. The van der Waals surface area contributed by atoms with E-state index in [4.69, 9.17) is 0 Å². The molecular formula is C9H15NO3. The molecule has 0 atom stereocenters. The van der Waals surface area contributed by atoms with Crippen LogP contribution in [0.3, 0.4) is 0 Å². The third-order valence-corrected chi connectivity index (χ3v) is 1.64. The molecule has 0 aromatic heterocycles. The van der Waals surface area contributed by atoms with Crippen molar-refractivity contribution in [3.05, 3.63) is 22.3 Å². The number of carbonyl (C=O) groups excluding carboxylic acids is 1. The number of carbonyl (C=O) groups is 1. The first-order valence-electron chi connectivity index (χ1n) is 4.26. The van der Waals surface area contributed by atoms with Crippen LogP contribution in [-0.4, -0.2) is 16.2 Å². The van der Waals surface area contributed by atoms with Gasteiger partial charge in [0.1, 0.15) is 0 Å². The summed E-state index contributed by atoms with van der Waals surface area (Å²) in [6, 6.07) is 0. The fraction of sp³-hybridized carbons (Fsp3) is 0.667. The molecule has 13 heavy (non-hydrogen) atoms. The van der Waals surface area contributed by atoms with Gasteiger partial charge in [-0.25, -0.2) is 0 Å². The summed E-state index contributed by atoms with van der Waals surface area (Å²) in [6.45, 7) is 4.82. The van der Waals surface area contributed by atoms with Crippen molar-refractivity contribution in [3.8, 4) is 0 Å². The molecule has 0 saturated heterocycles. The molecule has 0 aromatic rings. The molecule has 0 heterocycles. The van der Waals surface area contributed by atoms with Crippen LogP contribution in [0.25, 0.3) is 0 Å². The van der Waals surface area contributed by atoms with Gasteiger partial charge in [0.25, 0.3) is 0 Å². The highest BCUT2D eigenvalue weighted by Gasteiger charge is 2.26. The zero-order valence-electron chi connectivity index (χ0n) is 8.24.